The molecule has 3 heterocycles. The molecule has 0 bridgehead atoms. The zero-order valence-corrected chi connectivity index (χ0v) is 18.0. The van der Waals surface area contributed by atoms with E-state index in [1.165, 1.54) is 0 Å². The number of amides is 1. The Morgan fingerprint density at radius 1 is 1.30 bits per heavy atom. The van der Waals surface area contributed by atoms with E-state index >= 15 is 0 Å². The van der Waals surface area contributed by atoms with Crippen LogP contribution in [0.2, 0.25) is 5.15 Å². The summed E-state index contributed by atoms with van der Waals surface area (Å²) in [6, 6.07) is 8.28. The van der Waals surface area contributed by atoms with Crippen LogP contribution in [0.3, 0.4) is 0 Å². The lowest BCUT2D eigenvalue weighted by Crippen LogP contribution is -2.44. The van der Waals surface area contributed by atoms with Crippen LogP contribution in [0.1, 0.15) is 25.7 Å². The van der Waals surface area contributed by atoms with Crippen LogP contribution in [0.25, 0.3) is 22.2 Å². The molecule has 30 heavy (non-hydrogen) atoms. The molecule has 1 saturated carbocycles. The zero-order chi connectivity index (χ0) is 21.1. The number of rotatable bonds is 6. The summed E-state index contributed by atoms with van der Waals surface area (Å²) in [6.07, 6.45) is 7.70. The first-order valence-corrected chi connectivity index (χ1v) is 10.7. The number of hydrogen-bond donors (Lipinski definition) is 3. The third kappa shape index (κ3) is 4.91. The van der Waals surface area contributed by atoms with Crippen molar-refractivity contribution in [3.05, 3.63) is 41.8 Å². The van der Waals surface area contributed by atoms with E-state index < -0.39 is 0 Å². The minimum atomic E-state index is 0.0711. The lowest BCUT2D eigenvalue weighted by molar-refractivity contribution is -0.122. The van der Waals surface area contributed by atoms with Crippen LogP contribution < -0.4 is 10.6 Å². The van der Waals surface area contributed by atoms with Gasteiger partial charge in [0.15, 0.2) is 0 Å². The minimum Gasteiger partial charge on any atom is -0.367 e. The molecule has 1 aliphatic rings. The quantitative estimate of drug-likeness (QED) is 0.523. The summed E-state index contributed by atoms with van der Waals surface area (Å²) in [6.45, 7) is 0.410. The molecule has 1 amide bonds. The number of fused-ring (bicyclic) bond motifs is 1. The lowest BCUT2D eigenvalue weighted by atomic mass is 9.91. The molecule has 7 nitrogen and oxygen atoms in total. The normalized spacial score (nSPS) is 19.2. The summed E-state index contributed by atoms with van der Waals surface area (Å²) < 4.78 is 0. The van der Waals surface area contributed by atoms with Gasteiger partial charge in [0.25, 0.3) is 0 Å². The van der Waals surface area contributed by atoms with Crippen molar-refractivity contribution >= 4 is 34.4 Å². The van der Waals surface area contributed by atoms with Crippen molar-refractivity contribution in [1.82, 2.24) is 25.2 Å². The van der Waals surface area contributed by atoms with E-state index in [4.69, 9.17) is 11.6 Å². The standard InChI is InChI=1S/C22H27ClN6O/c1-29(2)13-21(30)27-16-6-3-5-15(11-16)26-20-10-14(9-19(23)28-20)18-12-25-22-17(18)7-4-8-24-22/h4,7-10,12,15-16H,3,5-6,11,13H2,1-2H3,(H,24,25)(H,26,28)(H,27,30). The lowest BCUT2D eigenvalue weighted by Gasteiger charge is -2.31. The highest BCUT2D eigenvalue weighted by atomic mass is 35.5. The predicted octanol–water partition coefficient (Wildman–Crippen LogP) is 3.68. The Labute approximate surface area is 181 Å². The molecule has 158 valence electrons. The first-order chi connectivity index (χ1) is 14.5. The summed E-state index contributed by atoms with van der Waals surface area (Å²) in [7, 11) is 3.80. The predicted molar refractivity (Wildman–Crippen MR) is 121 cm³/mol. The number of H-pyrrole nitrogens is 1. The average Bonchev–Trinajstić information content (AvgIpc) is 3.11. The molecule has 3 aromatic heterocycles. The van der Waals surface area contributed by atoms with Gasteiger partial charge in [-0.2, -0.15) is 0 Å². The molecular weight excluding hydrogens is 400 g/mol. The number of anilines is 1. The highest BCUT2D eigenvalue weighted by Gasteiger charge is 2.24. The van der Waals surface area contributed by atoms with Gasteiger partial charge in [-0.3, -0.25) is 4.79 Å². The molecule has 0 aliphatic heterocycles. The number of carbonyl (C=O) groups excluding carboxylic acids is 1. The van der Waals surface area contributed by atoms with Gasteiger partial charge in [0.1, 0.15) is 16.6 Å². The van der Waals surface area contributed by atoms with Gasteiger partial charge in [0.05, 0.1) is 6.54 Å². The largest absolute Gasteiger partial charge is 0.367 e. The number of nitrogens with one attached hydrogen (secondary N) is 3. The van der Waals surface area contributed by atoms with Gasteiger partial charge in [-0.15, -0.1) is 0 Å². The van der Waals surface area contributed by atoms with Crippen LogP contribution in [-0.2, 0) is 4.79 Å². The Morgan fingerprint density at radius 3 is 2.97 bits per heavy atom. The maximum absolute atomic E-state index is 12.1. The van der Waals surface area contributed by atoms with Gasteiger partial charge < -0.3 is 20.5 Å². The van der Waals surface area contributed by atoms with Crippen molar-refractivity contribution in [1.29, 1.82) is 0 Å². The monoisotopic (exact) mass is 426 g/mol. The molecule has 3 N–H and O–H groups in total. The van der Waals surface area contributed by atoms with Gasteiger partial charge in [0, 0.05) is 35.4 Å². The minimum absolute atomic E-state index is 0.0711. The van der Waals surface area contributed by atoms with Crippen molar-refractivity contribution in [3.8, 4) is 11.1 Å². The van der Waals surface area contributed by atoms with E-state index in [0.717, 1.165) is 53.7 Å². The second-order valence-corrected chi connectivity index (χ2v) is 8.56. The maximum Gasteiger partial charge on any atom is 0.234 e. The SMILES string of the molecule is CN(C)CC(=O)NC1CCCC(Nc2cc(-c3c[nH]c4ncccc34)cc(Cl)n2)C1. The number of aromatic nitrogens is 3. The Bertz CT molecular complexity index is 1030. The summed E-state index contributed by atoms with van der Waals surface area (Å²) in [5.74, 6) is 0.822. The Hall–Kier alpha value is -2.64. The van der Waals surface area contributed by atoms with Crippen LogP contribution in [0.5, 0.6) is 0 Å². The molecule has 1 fully saturated rings. The Balaban J connectivity index is 1.48. The number of aromatic amines is 1. The van der Waals surface area contributed by atoms with E-state index in [1.807, 2.05) is 49.5 Å². The maximum atomic E-state index is 12.1. The van der Waals surface area contributed by atoms with Crippen LogP contribution in [0.15, 0.2) is 36.7 Å². The summed E-state index contributed by atoms with van der Waals surface area (Å²) in [4.78, 5) is 26.0. The van der Waals surface area contributed by atoms with E-state index in [1.54, 1.807) is 6.20 Å². The number of likely N-dealkylation sites (N-methyl/N-ethyl adjacent to an activating group) is 1. The highest BCUT2D eigenvalue weighted by Crippen LogP contribution is 2.31. The van der Waals surface area contributed by atoms with E-state index in [-0.39, 0.29) is 18.0 Å². The number of carbonyl (C=O) groups is 1. The summed E-state index contributed by atoms with van der Waals surface area (Å²) in [5.41, 5.74) is 2.88. The molecule has 1 aliphatic carbocycles. The van der Waals surface area contributed by atoms with Crippen molar-refractivity contribution in [2.75, 3.05) is 26.0 Å². The number of nitrogens with zero attached hydrogens (tertiary/aromatic N) is 3. The average molecular weight is 427 g/mol. The van der Waals surface area contributed by atoms with Crippen LogP contribution in [-0.4, -0.2) is 58.5 Å². The van der Waals surface area contributed by atoms with Crippen molar-refractivity contribution in [3.63, 3.8) is 0 Å². The van der Waals surface area contributed by atoms with E-state index in [9.17, 15) is 4.79 Å². The fraction of sp³-hybridized carbons (Fsp3) is 0.409. The van der Waals surface area contributed by atoms with Crippen molar-refractivity contribution < 1.29 is 4.79 Å². The van der Waals surface area contributed by atoms with Gasteiger partial charge in [-0.05, 0) is 69.6 Å². The second kappa shape index (κ2) is 9.02. The smallest absolute Gasteiger partial charge is 0.234 e. The second-order valence-electron chi connectivity index (χ2n) is 8.18. The fourth-order valence-corrected chi connectivity index (χ4v) is 4.35. The molecule has 4 rings (SSSR count). The molecule has 2 unspecified atom stereocenters. The van der Waals surface area contributed by atoms with Gasteiger partial charge in [-0.1, -0.05) is 11.6 Å². The molecule has 0 saturated heterocycles. The zero-order valence-electron chi connectivity index (χ0n) is 17.3. The van der Waals surface area contributed by atoms with Crippen molar-refractivity contribution in [2.45, 2.75) is 37.8 Å². The van der Waals surface area contributed by atoms with E-state index in [0.29, 0.717) is 11.7 Å². The molecule has 2 atom stereocenters. The third-order valence-corrected chi connectivity index (χ3v) is 5.60. The molecule has 0 aromatic carbocycles. The van der Waals surface area contributed by atoms with Crippen LogP contribution in [0.4, 0.5) is 5.82 Å². The van der Waals surface area contributed by atoms with E-state index in [2.05, 4.69) is 25.6 Å². The molecule has 8 heteroatoms. The molecule has 3 aromatic rings. The highest BCUT2D eigenvalue weighted by molar-refractivity contribution is 6.29. The number of halogens is 1. The Morgan fingerprint density at radius 2 is 2.13 bits per heavy atom. The van der Waals surface area contributed by atoms with Crippen LogP contribution >= 0.6 is 11.6 Å². The van der Waals surface area contributed by atoms with Crippen molar-refractivity contribution in [2.24, 2.45) is 0 Å². The summed E-state index contributed by atoms with van der Waals surface area (Å²) in [5, 5.41) is 8.18. The fourth-order valence-electron chi connectivity index (χ4n) is 4.14. The number of hydrogen-bond acceptors (Lipinski definition) is 5. The van der Waals surface area contributed by atoms with Crippen LogP contribution in [0, 0.1) is 0 Å². The topological polar surface area (TPSA) is 85.9 Å². The van der Waals surface area contributed by atoms with Gasteiger partial charge in [0.2, 0.25) is 5.91 Å². The molecular formula is C22H27ClN6O. The Kier molecular flexibility index (Phi) is 6.20. The van der Waals surface area contributed by atoms with Gasteiger partial charge >= 0.3 is 0 Å². The third-order valence-electron chi connectivity index (χ3n) is 5.41. The molecule has 0 spiro atoms. The summed E-state index contributed by atoms with van der Waals surface area (Å²) >= 11 is 6.34. The molecule has 0 radical (unpaired) electrons. The number of pyridine rings is 2. The first kappa shape index (κ1) is 20.6. The first-order valence-electron chi connectivity index (χ1n) is 10.3. The van der Waals surface area contributed by atoms with Gasteiger partial charge in [-0.25, -0.2) is 9.97 Å².